The molecule has 0 saturated heterocycles. The normalized spacial score (nSPS) is 12.9. The fraction of sp³-hybridized carbons (Fsp3) is 0.375. The number of rotatable bonds is 5. The quantitative estimate of drug-likeness (QED) is 0.818. The third kappa shape index (κ3) is 7.77. The predicted octanol–water partition coefficient (Wildman–Crippen LogP) is 2.76. The van der Waals surface area contributed by atoms with Crippen molar-refractivity contribution in [2.75, 3.05) is 0 Å². The maximum Gasteiger partial charge on any atom is 0.408 e. The van der Waals surface area contributed by atoms with Gasteiger partial charge in [-0.3, -0.25) is 0 Å². The minimum atomic E-state index is -1.06. The smallest absolute Gasteiger partial charge is 0.408 e. The van der Waals surface area contributed by atoms with Gasteiger partial charge in [-0.2, -0.15) is 0 Å². The Kier molecular flexibility index (Phi) is 5.96. The average molecular weight is 291 g/mol. The zero-order valence-corrected chi connectivity index (χ0v) is 12.5. The highest BCUT2D eigenvalue weighted by Crippen LogP contribution is 2.09. The molecule has 0 radical (unpaired) electrons. The molecule has 1 aromatic rings. The highest BCUT2D eigenvalue weighted by molar-refractivity contribution is 5.80. The van der Waals surface area contributed by atoms with Crippen LogP contribution in [0, 0.1) is 0 Å². The lowest BCUT2D eigenvalue weighted by Gasteiger charge is -2.22. The van der Waals surface area contributed by atoms with Crippen molar-refractivity contribution in [1.82, 2.24) is 5.32 Å². The summed E-state index contributed by atoms with van der Waals surface area (Å²) in [5, 5.41) is 11.4. The highest BCUT2D eigenvalue weighted by Gasteiger charge is 2.18. The number of alkyl carbamates (subject to hydrolysis) is 1. The number of hydrogen-bond donors (Lipinski definition) is 2. The second-order valence-electron chi connectivity index (χ2n) is 5.64. The van der Waals surface area contributed by atoms with E-state index in [0.717, 1.165) is 11.6 Å². The Morgan fingerprint density at radius 2 is 1.90 bits per heavy atom. The van der Waals surface area contributed by atoms with Gasteiger partial charge in [0.15, 0.2) is 0 Å². The molecule has 0 aliphatic rings. The third-order valence-electron chi connectivity index (χ3n) is 2.47. The van der Waals surface area contributed by atoms with Crippen LogP contribution in [0.5, 0.6) is 0 Å². The molecule has 5 heteroatoms. The summed E-state index contributed by atoms with van der Waals surface area (Å²) >= 11 is 0. The van der Waals surface area contributed by atoms with Gasteiger partial charge in [-0.1, -0.05) is 36.4 Å². The minimum absolute atomic E-state index is 0.446. The van der Waals surface area contributed by atoms with E-state index >= 15 is 0 Å². The lowest BCUT2D eigenvalue weighted by Crippen LogP contribution is -2.39. The zero-order valence-electron chi connectivity index (χ0n) is 12.5. The first-order chi connectivity index (χ1) is 9.76. The number of carbonyl (C=O) groups is 2. The molecule has 21 heavy (non-hydrogen) atoms. The van der Waals surface area contributed by atoms with E-state index in [2.05, 4.69) is 5.32 Å². The molecule has 0 unspecified atom stereocenters. The number of carboxylic acid groups (broad SMARTS) is 1. The van der Waals surface area contributed by atoms with Gasteiger partial charge in [0.25, 0.3) is 0 Å². The number of carbonyl (C=O) groups excluding carboxylic acids is 1. The van der Waals surface area contributed by atoms with Gasteiger partial charge >= 0.3 is 12.1 Å². The summed E-state index contributed by atoms with van der Waals surface area (Å²) in [6.45, 7) is 5.31. The molecule has 0 heterocycles. The Morgan fingerprint density at radius 3 is 2.43 bits per heavy atom. The molecule has 0 aromatic heterocycles. The maximum atomic E-state index is 11.8. The molecule has 0 fully saturated rings. The maximum absolute atomic E-state index is 11.8. The van der Waals surface area contributed by atoms with E-state index in [1.54, 1.807) is 20.8 Å². The van der Waals surface area contributed by atoms with Crippen molar-refractivity contribution in [3.63, 3.8) is 0 Å². The zero-order chi connectivity index (χ0) is 15.9. The van der Waals surface area contributed by atoms with Crippen LogP contribution in [0.3, 0.4) is 0 Å². The van der Waals surface area contributed by atoms with E-state index in [1.165, 1.54) is 6.08 Å². The molecule has 0 aliphatic heterocycles. The summed E-state index contributed by atoms with van der Waals surface area (Å²) in [6, 6.07) is 9.06. The van der Waals surface area contributed by atoms with Gasteiger partial charge in [0, 0.05) is 6.08 Å². The molecule has 2 N–H and O–H groups in total. The van der Waals surface area contributed by atoms with Gasteiger partial charge in [0.05, 0.1) is 6.04 Å². The molecule has 5 nitrogen and oxygen atoms in total. The van der Waals surface area contributed by atoms with Crippen LogP contribution in [0.2, 0.25) is 0 Å². The summed E-state index contributed by atoms with van der Waals surface area (Å²) in [7, 11) is 0. The molecule has 0 spiro atoms. The summed E-state index contributed by atoms with van der Waals surface area (Å²) in [4.78, 5) is 22.4. The largest absolute Gasteiger partial charge is 0.478 e. The van der Waals surface area contributed by atoms with Gasteiger partial charge in [0.1, 0.15) is 5.60 Å². The van der Waals surface area contributed by atoms with Crippen LogP contribution in [0.1, 0.15) is 26.3 Å². The molecular weight excluding hydrogens is 270 g/mol. The standard InChI is InChI=1S/C16H21NO4/c1-16(2,3)21-15(20)17-13(9-10-14(18)19)11-12-7-5-4-6-8-12/h4-10,13H,11H2,1-3H3,(H,17,20)(H,18,19)/b10-9+/t13-/m1/s1. The first-order valence-corrected chi connectivity index (χ1v) is 6.71. The molecule has 1 aromatic carbocycles. The molecule has 0 bridgehead atoms. The van der Waals surface area contributed by atoms with E-state index in [1.807, 2.05) is 30.3 Å². The van der Waals surface area contributed by atoms with Gasteiger partial charge in [-0.25, -0.2) is 9.59 Å². The molecule has 0 saturated carbocycles. The number of carboxylic acids is 1. The van der Waals surface area contributed by atoms with Crippen LogP contribution in [0.4, 0.5) is 4.79 Å². The first kappa shape index (κ1) is 16.8. The van der Waals surface area contributed by atoms with Crippen LogP contribution in [0.25, 0.3) is 0 Å². The monoisotopic (exact) mass is 291 g/mol. The minimum Gasteiger partial charge on any atom is -0.478 e. The Hall–Kier alpha value is -2.30. The van der Waals surface area contributed by atoms with Crippen molar-refractivity contribution in [2.24, 2.45) is 0 Å². The molecule has 1 atom stereocenters. The lowest BCUT2D eigenvalue weighted by atomic mass is 10.1. The fourth-order valence-electron chi connectivity index (χ4n) is 1.69. The molecule has 1 rings (SSSR count). The number of hydrogen-bond acceptors (Lipinski definition) is 3. The van der Waals surface area contributed by atoms with E-state index in [9.17, 15) is 9.59 Å². The Balaban J connectivity index is 2.73. The van der Waals surface area contributed by atoms with Gasteiger partial charge in [-0.05, 0) is 32.8 Å². The van der Waals surface area contributed by atoms with Crippen LogP contribution in [0.15, 0.2) is 42.5 Å². The topological polar surface area (TPSA) is 75.6 Å². The van der Waals surface area contributed by atoms with Crippen molar-refractivity contribution in [3.05, 3.63) is 48.0 Å². The van der Waals surface area contributed by atoms with Crippen LogP contribution >= 0.6 is 0 Å². The number of amides is 1. The molecular formula is C16H21NO4. The van der Waals surface area contributed by atoms with Crippen molar-refractivity contribution < 1.29 is 19.4 Å². The summed E-state index contributed by atoms with van der Waals surface area (Å²) in [6.07, 6.45) is 2.38. The van der Waals surface area contributed by atoms with Crippen molar-refractivity contribution in [3.8, 4) is 0 Å². The van der Waals surface area contributed by atoms with Crippen LogP contribution in [-0.2, 0) is 16.0 Å². The first-order valence-electron chi connectivity index (χ1n) is 6.71. The number of nitrogens with one attached hydrogen (secondary N) is 1. The Labute approximate surface area is 124 Å². The highest BCUT2D eigenvalue weighted by atomic mass is 16.6. The second-order valence-corrected chi connectivity index (χ2v) is 5.64. The van der Waals surface area contributed by atoms with Crippen LogP contribution < -0.4 is 5.32 Å². The predicted molar refractivity (Wildman–Crippen MR) is 80.1 cm³/mol. The van der Waals surface area contributed by atoms with E-state index in [0.29, 0.717) is 6.42 Å². The Morgan fingerprint density at radius 1 is 1.29 bits per heavy atom. The van der Waals surface area contributed by atoms with Gasteiger partial charge in [-0.15, -0.1) is 0 Å². The number of ether oxygens (including phenoxy) is 1. The molecule has 0 aliphatic carbocycles. The summed E-state index contributed by atoms with van der Waals surface area (Å²) in [5.74, 6) is -1.06. The van der Waals surface area contributed by atoms with Crippen molar-refractivity contribution >= 4 is 12.1 Å². The molecule has 114 valence electrons. The number of benzene rings is 1. The Bertz CT molecular complexity index is 503. The van der Waals surface area contributed by atoms with Gasteiger partial charge < -0.3 is 15.2 Å². The SMILES string of the molecule is CC(C)(C)OC(=O)N[C@H](/C=C/C(=O)O)Cc1ccccc1. The summed E-state index contributed by atoms with van der Waals surface area (Å²) in [5.41, 5.74) is 0.395. The van der Waals surface area contributed by atoms with E-state index in [-0.39, 0.29) is 0 Å². The lowest BCUT2D eigenvalue weighted by molar-refractivity contribution is -0.131. The van der Waals surface area contributed by atoms with Gasteiger partial charge in [0.2, 0.25) is 0 Å². The van der Waals surface area contributed by atoms with Crippen molar-refractivity contribution in [2.45, 2.75) is 38.8 Å². The second kappa shape index (κ2) is 7.47. The van der Waals surface area contributed by atoms with E-state index in [4.69, 9.17) is 9.84 Å². The fourth-order valence-corrected chi connectivity index (χ4v) is 1.69. The average Bonchev–Trinajstić information content (AvgIpc) is 2.34. The summed E-state index contributed by atoms with van der Waals surface area (Å²) < 4.78 is 5.18. The van der Waals surface area contributed by atoms with Crippen molar-refractivity contribution in [1.29, 1.82) is 0 Å². The van der Waals surface area contributed by atoms with Crippen LogP contribution in [-0.4, -0.2) is 28.8 Å². The number of aliphatic carboxylic acids is 1. The van der Waals surface area contributed by atoms with E-state index < -0.39 is 23.7 Å². The third-order valence-corrected chi connectivity index (χ3v) is 2.47. The molecule has 1 amide bonds.